The Labute approximate surface area is 205 Å². The maximum absolute atomic E-state index is 12.7. The molecule has 0 saturated carbocycles. The molecule has 34 heavy (non-hydrogen) atoms. The summed E-state index contributed by atoms with van der Waals surface area (Å²) in [5.74, 6) is -1.39. The van der Waals surface area contributed by atoms with Crippen molar-refractivity contribution in [3.63, 3.8) is 0 Å². The number of rotatable bonds is 5. The number of carbonyl (C=O) groups is 3. The lowest BCUT2D eigenvalue weighted by Gasteiger charge is -2.20. The van der Waals surface area contributed by atoms with Crippen molar-refractivity contribution in [1.82, 2.24) is 9.88 Å². The number of pyridine rings is 1. The molecule has 3 aromatic rings. The molecule has 1 aliphatic rings. The number of urea groups is 1. The van der Waals surface area contributed by atoms with Gasteiger partial charge in [0.05, 0.1) is 15.7 Å². The van der Waals surface area contributed by atoms with Crippen LogP contribution >= 0.6 is 23.2 Å². The zero-order valence-corrected chi connectivity index (χ0v) is 19.3. The number of halogens is 2. The number of nitrogens with one attached hydrogen (secondary N) is 2. The molecule has 1 saturated heterocycles. The van der Waals surface area contributed by atoms with Gasteiger partial charge in [-0.05, 0) is 48.7 Å². The molecule has 1 aromatic heterocycles. The summed E-state index contributed by atoms with van der Waals surface area (Å²) < 4.78 is 0. The first kappa shape index (κ1) is 23.5. The van der Waals surface area contributed by atoms with Crippen molar-refractivity contribution in [2.75, 3.05) is 17.2 Å². The fourth-order valence-corrected chi connectivity index (χ4v) is 4.24. The lowest BCUT2D eigenvalue weighted by molar-refractivity contribution is -0.141. The molecular formula is C24H20Cl2N4O4. The van der Waals surface area contributed by atoms with Crippen LogP contribution in [0.2, 0.25) is 10.0 Å². The van der Waals surface area contributed by atoms with Crippen molar-refractivity contribution in [2.45, 2.75) is 18.9 Å². The van der Waals surface area contributed by atoms with Crippen molar-refractivity contribution in [1.29, 1.82) is 0 Å². The summed E-state index contributed by atoms with van der Waals surface area (Å²) in [7, 11) is 0. The van der Waals surface area contributed by atoms with Gasteiger partial charge in [-0.3, -0.25) is 9.78 Å². The Bertz CT molecular complexity index is 1210. The first-order chi connectivity index (χ1) is 16.3. The summed E-state index contributed by atoms with van der Waals surface area (Å²) in [4.78, 5) is 41.9. The highest BCUT2D eigenvalue weighted by Crippen LogP contribution is 2.30. The molecule has 10 heteroatoms. The lowest BCUT2D eigenvalue weighted by Crippen LogP contribution is -2.40. The first-order valence-corrected chi connectivity index (χ1v) is 11.2. The molecule has 1 fully saturated rings. The zero-order valence-electron chi connectivity index (χ0n) is 17.8. The predicted octanol–water partition coefficient (Wildman–Crippen LogP) is 5.39. The number of hydrogen-bond donors (Lipinski definition) is 3. The van der Waals surface area contributed by atoms with Gasteiger partial charge in [-0.2, -0.15) is 0 Å². The molecule has 0 aliphatic carbocycles. The van der Waals surface area contributed by atoms with Crippen LogP contribution in [0.25, 0.3) is 11.1 Å². The van der Waals surface area contributed by atoms with Crippen LogP contribution in [0, 0.1) is 0 Å². The summed E-state index contributed by atoms with van der Waals surface area (Å²) in [5.41, 5.74) is 2.68. The molecule has 0 unspecified atom stereocenters. The number of para-hydroxylation sites is 1. The second-order valence-corrected chi connectivity index (χ2v) is 8.49. The largest absolute Gasteiger partial charge is 0.480 e. The van der Waals surface area contributed by atoms with E-state index in [0.29, 0.717) is 40.8 Å². The minimum Gasteiger partial charge on any atom is -0.480 e. The topological polar surface area (TPSA) is 112 Å². The Morgan fingerprint density at radius 1 is 0.941 bits per heavy atom. The third-order valence-electron chi connectivity index (χ3n) is 5.46. The normalized spacial score (nSPS) is 15.1. The molecule has 0 radical (unpaired) electrons. The monoisotopic (exact) mass is 498 g/mol. The first-order valence-electron chi connectivity index (χ1n) is 10.5. The van der Waals surface area contributed by atoms with Crippen molar-refractivity contribution in [2.24, 2.45) is 0 Å². The van der Waals surface area contributed by atoms with Crippen molar-refractivity contribution < 1.29 is 19.5 Å². The van der Waals surface area contributed by atoms with Crippen LogP contribution in [0.3, 0.4) is 0 Å². The third kappa shape index (κ3) is 5.13. The van der Waals surface area contributed by atoms with E-state index in [1.165, 1.54) is 4.90 Å². The summed E-state index contributed by atoms with van der Waals surface area (Å²) >= 11 is 12.1. The fraction of sp³-hybridized carbons (Fsp3) is 0.167. The third-order valence-corrected chi connectivity index (χ3v) is 6.09. The Hall–Kier alpha value is -3.62. The van der Waals surface area contributed by atoms with E-state index < -0.39 is 18.0 Å². The highest BCUT2D eigenvalue weighted by Gasteiger charge is 2.34. The molecule has 3 N–H and O–H groups in total. The molecule has 2 heterocycles. The van der Waals surface area contributed by atoms with Gasteiger partial charge in [0.1, 0.15) is 11.7 Å². The second kappa shape index (κ2) is 10.1. The van der Waals surface area contributed by atoms with E-state index in [9.17, 15) is 19.5 Å². The summed E-state index contributed by atoms with van der Waals surface area (Å²) in [6.07, 6.45) is 2.67. The molecule has 0 bridgehead atoms. The smallest absolute Gasteiger partial charge is 0.326 e. The van der Waals surface area contributed by atoms with Crippen LogP contribution in [-0.4, -0.2) is 45.5 Å². The fourth-order valence-electron chi connectivity index (χ4n) is 3.74. The second-order valence-electron chi connectivity index (χ2n) is 7.68. The van der Waals surface area contributed by atoms with Gasteiger partial charge in [-0.25, -0.2) is 9.59 Å². The van der Waals surface area contributed by atoms with Gasteiger partial charge in [0.2, 0.25) is 0 Å². The minimum absolute atomic E-state index is 0.199. The van der Waals surface area contributed by atoms with Crippen molar-refractivity contribution in [3.8, 4) is 11.1 Å². The van der Waals surface area contributed by atoms with E-state index >= 15 is 0 Å². The molecule has 0 spiro atoms. The molecule has 1 atom stereocenters. The van der Waals surface area contributed by atoms with Crippen LogP contribution in [0.1, 0.15) is 23.3 Å². The van der Waals surface area contributed by atoms with Gasteiger partial charge in [0.15, 0.2) is 0 Å². The Morgan fingerprint density at radius 2 is 1.62 bits per heavy atom. The highest BCUT2D eigenvalue weighted by atomic mass is 35.5. The molecule has 1 aliphatic heterocycles. The Balaban J connectivity index is 1.40. The molecular weight excluding hydrogens is 479 g/mol. The Morgan fingerprint density at radius 3 is 2.24 bits per heavy atom. The SMILES string of the molecule is O=C(Nc1ccc(-c2ccc(C(=O)N3CCC[C@H]3C(=O)O)nc2)cc1)Nc1c(Cl)cccc1Cl. The van der Waals surface area contributed by atoms with Gasteiger partial charge >= 0.3 is 12.0 Å². The van der Waals surface area contributed by atoms with Crippen LogP contribution in [0.15, 0.2) is 60.8 Å². The standard InChI is InChI=1S/C24H20Cl2N4O4/c25-17-3-1-4-18(26)21(17)29-24(34)28-16-9-6-14(7-10-16)15-8-11-19(27-13-15)22(31)30-12-2-5-20(30)23(32)33/h1,3-4,6-11,13,20H,2,5,12H2,(H,32,33)(H2,28,29,34)/t20-/m0/s1. The van der Waals surface area contributed by atoms with E-state index in [0.717, 1.165) is 11.1 Å². The predicted molar refractivity (Wildman–Crippen MR) is 130 cm³/mol. The van der Waals surface area contributed by atoms with Gasteiger partial charge in [0.25, 0.3) is 5.91 Å². The van der Waals surface area contributed by atoms with Crippen molar-refractivity contribution >= 4 is 52.5 Å². The van der Waals surface area contributed by atoms with E-state index in [-0.39, 0.29) is 11.6 Å². The zero-order chi connectivity index (χ0) is 24.2. The quantitative estimate of drug-likeness (QED) is 0.436. The van der Waals surface area contributed by atoms with Gasteiger partial charge in [0, 0.05) is 24.0 Å². The summed E-state index contributed by atoms with van der Waals surface area (Å²) in [6, 6.07) is 14.0. The number of carboxylic acids is 1. The van der Waals surface area contributed by atoms with E-state index in [4.69, 9.17) is 23.2 Å². The number of nitrogens with zero attached hydrogens (tertiary/aromatic N) is 2. The molecule has 4 rings (SSSR count). The van der Waals surface area contributed by atoms with Crippen molar-refractivity contribution in [3.05, 3.63) is 76.5 Å². The number of likely N-dealkylation sites (tertiary alicyclic amines) is 1. The van der Waals surface area contributed by atoms with Crippen LogP contribution in [0.4, 0.5) is 16.2 Å². The number of aromatic nitrogens is 1. The maximum Gasteiger partial charge on any atom is 0.326 e. The van der Waals surface area contributed by atoms with Gasteiger partial charge < -0.3 is 20.6 Å². The molecule has 3 amide bonds. The van der Waals surface area contributed by atoms with Crippen LogP contribution in [0.5, 0.6) is 0 Å². The average Bonchev–Trinajstić information content (AvgIpc) is 3.32. The Kier molecular flexibility index (Phi) is 7.00. The number of carbonyl (C=O) groups excluding carboxylic acids is 2. The van der Waals surface area contributed by atoms with Crippen LogP contribution in [-0.2, 0) is 4.79 Å². The number of carboxylic acid groups (broad SMARTS) is 1. The number of aliphatic carboxylic acids is 1. The number of benzene rings is 2. The summed E-state index contributed by atoms with van der Waals surface area (Å²) in [5, 5.41) is 15.3. The van der Waals surface area contributed by atoms with E-state index in [1.807, 2.05) is 0 Å². The molecule has 2 aromatic carbocycles. The van der Waals surface area contributed by atoms with Crippen LogP contribution < -0.4 is 10.6 Å². The summed E-state index contributed by atoms with van der Waals surface area (Å²) in [6.45, 7) is 0.407. The molecule has 8 nitrogen and oxygen atoms in total. The number of hydrogen-bond acceptors (Lipinski definition) is 4. The number of amides is 3. The highest BCUT2D eigenvalue weighted by molar-refractivity contribution is 6.39. The molecule has 174 valence electrons. The van der Waals surface area contributed by atoms with Gasteiger partial charge in [-0.15, -0.1) is 0 Å². The minimum atomic E-state index is -1.00. The number of anilines is 2. The maximum atomic E-state index is 12.7. The van der Waals surface area contributed by atoms with Gasteiger partial charge in [-0.1, -0.05) is 47.5 Å². The van der Waals surface area contributed by atoms with E-state index in [1.54, 1.807) is 60.8 Å². The average molecular weight is 499 g/mol. The lowest BCUT2D eigenvalue weighted by atomic mass is 10.1. The van der Waals surface area contributed by atoms with E-state index in [2.05, 4.69) is 15.6 Å².